The van der Waals surface area contributed by atoms with E-state index in [2.05, 4.69) is 67.0 Å². The minimum Gasteiger partial charge on any atom is -0.406 e. The summed E-state index contributed by atoms with van der Waals surface area (Å²) in [6.45, 7) is 10.9. The third-order valence-electron chi connectivity index (χ3n) is 7.67. The fraction of sp³-hybridized carbons (Fsp3) is 0.433. The Hall–Kier alpha value is -3.30. The molecule has 0 aliphatic carbocycles. The first-order valence-corrected chi connectivity index (χ1v) is 13.6. The first-order valence-electron chi connectivity index (χ1n) is 13.6. The summed E-state index contributed by atoms with van der Waals surface area (Å²) in [5.41, 5.74) is 5.53. The van der Waals surface area contributed by atoms with Gasteiger partial charge in [-0.25, -0.2) is 4.98 Å². The number of ether oxygens (including phenoxy) is 1. The SMILES string of the molecule is CCCCn1cc(-c2ccc(OC(F)(F)F)cc2)c2cc(CN3CCN(Cc4cnc(C)n4C)CC3)ccc21. The lowest BCUT2D eigenvalue weighted by molar-refractivity contribution is -0.274. The van der Waals surface area contributed by atoms with Crippen molar-refractivity contribution in [3.05, 3.63) is 71.9 Å². The lowest BCUT2D eigenvalue weighted by Gasteiger charge is -2.34. The van der Waals surface area contributed by atoms with E-state index >= 15 is 0 Å². The molecule has 1 aliphatic heterocycles. The largest absolute Gasteiger partial charge is 0.573 e. The average Bonchev–Trinajstić information content (AvgIpc) is 3.42. The van der Waals surface area contributed by atoms with Crippen LogP contribution in [0.15, 0.2) is 54.9 Å². The van der Waals surface area contributed by atoms with Gasteiger partial charge in [-0.05, 0) is 48.7 Å². The van der Waals surface area contributed by atoms with Crippen molar-refractivity contribution >= 4 is 10.9 Å². The number of unbranched alkanes of at least 4 members (excludes halogenated alkanes) is 1. The Morgan fingerprint density at radius 1 is 0.949 bits per heavy atom. The smallest absolute Gasteiger partial charge is 0.406 e. The van der Waals surface area contributed by atoms with Crippen LogP contribution in [0.25, 0.3) is 22.0 Å². The summed E-state index contributed by atoms with van der Waals surface area (Å²) in [7, 11) is 2.07. The molecular weight excluding hydrogens is 503 g/mol. The Labute approximate surface area is 227 Å². The van der Waals surface area contributed by atoms with Gasteiger partial charge >= 0.3 is 6.36 Å². The van der Waals surface area contributed by atoms with Gasteiger partial charge in [0, 0.05) is 81.7 Å². The second-order valence-corrected chi connectivity index (χ2v) is 10.4. The molecule has 0 amide bonds. The zero-order chi connectivity index (χ0) is 27.6. The molecule has 5 rings (SSSR count). The molecule has 39 heavy (non-hydrogen) atoms. The van der Waals surface area contributed by atoms with Gasteiger partial charge in [0.25, 0.3) is 0 Å². The zero-order valence-corrected chi connectivity index (χ0v) is 22.8. The number of hydrogen-bond acceptors (Lipinski definition) is 4. The minimum atomic E-state index is -4.70. The highest BCUT2D eigenvalue weighted by atomic mass is 19.4. The molecular formula is C30H36F3N5O. The van der Waals surface area contributed by atoms with Gasteiger partial charge in [-0.3, -0.25) is 9.80 Å². The van der Waals surface area contributed by atoms with E-state index in [9.17, 15) is 13.2 Å². The van der Waals surface area contributed by atoms with Crippen LogP contribution < -0.4 is 4.74 Å². The Kier molecular flexibility index (Phi) is 8.00. The Balaban J connectivity index is 1.32. The van der Waals surface area contributed by atoms with Gasteiger partial charge in [-0.15, -0.1) is 13.2 Å². The highest BCUT2D eigenvalue weighted by Gasteiger charge is 2.31. The third kappa shape index (κ3) is 6.47. The van der Waals surface area contributed by atoms with Crippen molar-refractivity contribution in [3.8, 4) is 16.9 Å². The van der Waals surface area contributed by atoms with Crippen molar-refractivity contribution in [2.45, 2.75) is 52.7 Å². The van der Waals surface area contributed by atoms with Crippen LogP contribution >= 0.6 is 0 Å². The maximum Gasteiger partial charge on any atom is 0.573 e. The fourth-order valence-electron chi connectivity index (χ4n) is 5.31. The Bertz CT molecular complexity index is 1400. The van der Waals surface area contributed by atoms with Gasteiger partial charge in [-0.2, -0.15) is 0 Å². The lowest BCUT2D eigenvalue weighted by Crippen LogP contribution is -2.45. The fourth-order valence-corrected chi connectivity index (χ4v) is 5.31. The number of aromatic nitrogens is 3. The van der Waals surface area contributed by atoms with E-state index in [0.717, 1.165) is 86.5 Å². The number of rotatable bonds is 9. The molecule has 2 aromatic carbocycles. The van der Waals surface area contributed by atoms with Crippen molar-refractivity contribution in [1.29, 1.82) is 0 Å². The van der Waals surface area contributed by atoms with Crippen molar-refractivity contribution < 1.29 is 17.9 Å². The van der Waals surface area contributed by atoms with Gasteiger partial charge in [0.05, 0.1) is 5.69 Å². The number of benzene rings is 2. The highest BCUT2D eigenvalue weighted by Crippen LogP contribution is 2.34. The molecule has 4 aromatic rings. The monoisotopic (exact) mass is 539 g/mol. The van der Waals surface area contributed by atoms with E-state index < -0.39 is 6.36 Å². The van der Waals surface area contributed by atoms with Crippen molar-refractivity contribution in [1.82, 2.24) is 23.9 Å². The molecule has 6 nitrogen and oxygen atoms in total. The lowest BCUT2D eigenvalue weighted by atomic mass is 10.0. The van der Waals surface area contributed by atoms with Gasteiger partial charge in [-0.1, -0.05) is 31.5 Å². The van der Waals surface area contributed by atoms with Crippen LogP contribution in [0.2, 0.25) is 0 Å². The molecule has 0 bridgehead atoms. The minimum absolute atomic E-state index is 0.209. The standard InChI is InChI=1S/C30H36F3N5O/c1-4-5-12-38-21-28(24-7-9-26(10-8-24)39-30(31,32)33)27-17-23(6-11-29(27)38)19-36-13-15-37(16-14-36)20-25-18-34-22(2)35(25)3/h6-11,17-18,21H,4-5,12-16,19-20H2,1-3H3. The topological polar surface area (TPSA) is 38.5 Å². The summed E-state index contributed by atoms with van der Waals surface area (Å²) < 4.78 is 46.4. The second-order valence-electron chi connectivity index (χ2n) is 10.4. The van der Waals surface area contributed by atoms with Crippen molar-refractivity contribution in [2.75, 3.05) is 26.2 Å². The van der Waals surface area contributed by atoms with Gasteiger partial charge in [0.15, 0.2) is 0 Å². The number of aryl methyl sites for hydroxylation is 2. The van der Waals surface area contributed by atoms with Crippen LogP contribution in [0.1, 0.15) is 36.8 Å². The van der Waals surface area contributed by atoms with Gasteiger partial charge in [0.2, 0.25) is 0 Å². The molecule has 1 saturated heterocycles. The number of fused-ring (bicyclic) bond motifs is 1. The summed E-state index contributed by atoms with van der Waals surface area (Å²) >= 11 is 0. The van der Waals surface area contributed by atoms with Crippen molar-refractivity contribution in [3.63, 3.8) is 0 Å². The summed E-state index contributed by atoms with van der Waals surface area (Å²) in [5, 5.41) is 1.12. The van der Waals surface area contributed by atoms with Crippen LogP contribution in [0.5, 0.6) is 5.75 Å². The number of piperazine rings is 1. The average molecular weight is 540 g/mol. The second kappa shape index (κ2) is 11.4. The summed E-state index contributed by atoms with van der Waals surface area (Å²) in [5.74, 6) is 0.826. The quantitative estimate of drug-likeness (QED) is 0.248. The highest BCUT2D eigenvalue weighted by molar-refractivity contribution is 5.96. The molecule has 0 radical (unpaired) electrons. The van der Waals surface area contributed by atoms with E-state index in [1.165, 1.54) is 23.4 Å². The molecule has 208 valence electrons. The van der Waals surface area contributed by atoms with E-state index in [0.29, 0.717) is 0 Å². The van der Waals surface area contributed by atoms with Crippen LogP contribution in [-0.4, -0.2) is 56.5 Å². The third-order valence-corrected chi connectivity index (χ3v) is 7.67. The van der Waals surface area contributed by atoms with Crippen LogP contribution in [0, 0.1) is 6.92 Å². The number of nitrogens with zero attached hydrogens (tertiary/aromatic N) is 5. The predicted molar refractivity (Wildman–Crippen MR) is 147 cm³/mol. The zero-order valence-electron chi connectivity index (χ0n) is 22.8. The summed E-state index contributed by atoms with van der Waals surface area (Å²) in [6.07, 6.45) is 1.55. The molecule has 2 aromatic heterocycles. The van der Waals surface area contributed by atoms with Crippen LogP contribution in [0.3, 0.4) is 0 Å². The number of halogens is 3. The predicted octanol–water partition coefficient (Wildman–Crippen LogP) is 6.37. The van der Waals surface area contributed by atoms with Gasteiger partial charge < -0.3 is 13.9 Å². The molecule has 1 fully saturated rings. The first-order chi connectivity index (χ1) is 18.7. The number of imidazole rings is 1. The summed E-state index contributed by atoms with van der Waals surface area (Å²) in [4.78, 5) is 9.39. The maximum atomic E-state index is 12.6. The molecule has 9 heteroatoms. The number of hydrogen-bond donors (Lipinski definition) is 0. The number of alkyl halides is 3. The molecule has 3 heterocycles. The van der Waals surface area contributed by atoms with E-state index in [-0.39, 0.29) is 5.75 Å². The summed E-state index contributed by atoms with van der Waals surface area (Å²) in [6, 6.07) is 12.8. The van der Waals surface area contributed by atoms with Crippen LogP contribution in [-0.2, 0) is 26.7 Å². The first kappa shape index (κ1) is 27.3. The van der Waals surface area contributed by atoms with E-state index in [4.69, 9.17) is 0 Å². The molecule has 0 unspecified atom stereocenters. The maximum absolute atomic E-state index is 12.6. The Morgan fingerprint density at radius 2 is 1.64 bits per heavy atom. The van der Waals surface area contributed by atoms with Crippen LogP contribution in [0.4, 0.5) is 13.2 Å². The van der Waals surface area contributed by atoms with Crippen molar-refractivity contribution in [2.24, 2.45) is 7.05 Å². The molecule has 0 N–H and O–H groups in total. The molecule has 1 aliphatic rings. The van der Waals surface area contributed by atoms with E-state index in [1.807, 2.05) is 13.1 Å². The molecule has 0 spiro atoms. The molecule has 0 atom stereocenters. The van der Waals surface area contributed by atoms with Gasteiger partial charge in [0.1, 0.15) is 11.6 Å². The molecule has 0 saturated carbocycles. The Morgan fingerprint density at radius 3 is 2.26 bits per heavy atom. The van der Waals surface area contributed by atoms with E-state index in [1.54, 1.807) is 12.1 Å². The normalized spacial score (nSPS) is 15.3.